The van der Waals surface area contributed by atoms with Gasteiger partial charge in [-0.05, 0) is 13.8 Å². The van der Waals surface area contributed by atoms with Crippen LogP contribution in [0.5, 0.6) is 0 Å². The van der Waals surface area contributed by atoms with Crippen molar-refractivity contribution in [1.29, 1.82) is 0 Å². The van der Waals surface area contributed by atoms with E-state index in [0.29, 0.717) is 10.7 Å². The van der Waals surface area contributed by atoms with Crippen LogP contribution >= 0.6 is 97.7 Å². The van der Waals surface area contributed by atoms with E-state index in [-0.39, 0.29) is 24.2 Å². The maximum atomic E-state index is 12.9. The standard InChI is InChI=1S/C11H18Br2Cl5O4P/c1-9(17,5-14)21-23(19,22-10(2,18)6-15)20-8-11(3-12,4-13)7-16/h3-8H2,1-2H3. The first-order valence-electron chi connectivity index (χ1n) is 6.26. The fourth-order valence-electron chi connectivity index (χ4n) is 1.03. The second-order valence-corrected chi connectivity index (χ2v) is 10.3. The number of alkyl halides is 7. The fourth-order valence-corrected chi connectivity index (χ4v) is 5.80. The molecule has 0 rings (SSSR count). The summed E-state index contributed by atoms with van der Waals surface area (Å²) in [5, 5.41) is -1.95. The predicted octanol–water partition coefficient (Wildman–Crippen LogP) is 6.55. The summed E-state index contributed by atoms with van der Waals surface area (Å²) in [6.07, 6.45) is 0. The molecule has 0 spiro atoms. The normalized spacial score (nSPS) is 20.6. The minimum Gasteiger partial charge on any atom is -0.286 e. The highest BCUT2D eigenvalue weighted by Gasteiger charge is 2.44. The molecule has 0 aromatic carbocycles. The smallest absolute Gasteiger partial charge is 0.286 e. The van der Waals surface area contributed by atoms with Gasteiger partial charge >= 0.3 is 7.82 Å². The monoisotopic (exact) mass is 578 g/mol. The van der Waals surface area contributed by atoms with Gasteiger partial charge in [0.2, 0.25) is 0 Å². The predicted molar refractivity (Wildman–Crippen MR) is 106 cm³/mol. The van der Waals surface area contributed by atoms with Crippen molar-refractivity contribution in [2.75, 3.05) is 34.9 Å². The zero-order valence-electron chi connectivity index (χ0n) is 12.5. The first-order chi connectivity index (χ1) is 10.4. The molecule has 0 saturated carbocycles. The summed E-state index contributed by atoms with van der Waals surface area (Å²) >= 11 is 36.1. The Morgan fingerprint density at radius 3 is 1.57 bits per heavy atom. The van der Waals surface area contributed by atoms with Gasteiger partial charge in [-0.15, -0.1) is 34.8 Å². The van der Waals surface area contributed by atoms with E-state index in [4.69, 9.17) is 71.6 Å². The lowest BCUT2D eigenvalue weighted by atomic mass is 9.98. The lowest BCUT2D eigenvalue weighted by Crippen LogP contribution is -2.34. The molecule has 0 aliphatic carbocycles. The lowest BCUT2D eigenvalue weighted by Gasteiger charge is -2.33. The third-order valence-corrected chi connectivity index (χ3v) is 9.04. The van der Waals surface area contributed by atoms with Crippen molar-refractivity contribution in [1.82, 2.24) is 0 Å². The molecule has 2 atom stereocenters. The van der Waals surface area contributed by atoms with Gasteiger partial charge in [0, 0.05) is 22.0 Å². The Kier molecular flexibility index (Phi) is 11.9. The van der Waals surface area contributed by atoms with Crippen LogP contribution in [0.25, 0.3) is 0 Å². The van der Waals surface area contributed by atoms with Crippen LogP contribution in [-0.4, -0.2) is 45.0 Å². The third kappa shape index (κ3) is 9.32. The van der Waals surface area contributed by atoms with E-state index in [1.807, 2.05) is 0 Å². The topological polar surface area (TPSA) is 44.8 Å². The zero-order chi connectivity index (χ0) is 18.4. The van der Waals surface area contributed by atoms with Gasteiger partial charge in [-0.2, -0.15) is 0 Å². The molecular formula is C11H18Br2Cl5O4P. The number of halogens is 7. The highest BCUT2D eigenvalue weighted by atomic mass is 79.9. The molecule has 0 aliphatic heterocycles. The summed E-state index contributed by atoms with van der Waals surface area (Å²) in [6.45, 7) is 2.82. The molecule has 0 amide bonds. The van der Waals surface area contributed by atoms with Gasteiger partial charge in [0.1, 0.15) is 0 Å². The Balaban J connectivity index is 5.32. The van der Waals surface area contributed by atoms with Crippen LogP contribution < -0.4 is 0 Å². The molecule has 12 heteroatoms. The van der Waals surface area contributed by atoms with Gasteiger partial charge in [-0.25, -0.2) is 4.57 Å². The fraction of sp³-hybridized carbons (Fsp3) is 1.00. The SMILES string of the molecule is CC(Cl)(CCl)OP(=O)(OCC(CCl)(CBr)CBr)OC(C)(Cl)CCl. The second-order valence-electron chi connectivity index (χ2n) is 5.27. The Morgan fingerprint density at radius 1 is 0.913 bits per heavy atom. The third-order valence-electron chi connectivity index (χ3n) is 2.46. The summed E-state index contributed by atoms with van der Waals surface area (Å²) in [4.78, 5) is 0. The van der Waals surface area contributed by atoms with Gasteiger partial charge in [-0.1, -0.05) is 55.1 Å². The molecule has 0 saturated heterocycles. The van der Waals surface area contributed by atoms with E-state index in [9.17, 15) is 4.57 Å². The quantitative estimate of drug-likeness (QED) is 0.194. The second kappa shape index (κ2) is 10.8. The zero-order valence-corrected chi connectivity index (χ0v) is 20.3. The molecule has 140 valence electrons. The molecule has 0 N–H and O–H groups in total. The first-order valence-corrected chi connectivity index (χ1v) is 12.3. The highest BCUT2D eigenvalue weighted by Crippen LogP contribution is 2.58. The van der Waals surface area contributed by atoms with Crippen molar-refractivity contribution in [3.8, 4) is 0 Å². The average Bonchev–Trinajstić information content (AvgIpc) is 2.48. The molecule has 0 aromatic rings. The van der Waals surface area contributed by atoms with Crippen molar-refractivity contribution in [2.24, 2.45) is 5.41 Å². The Labute approximate surface area is 179 Å². The van der Waals surface area contributed by atoms with Crippen LogP contribution in [0.15, 0.2) is 0 Å². The number of hydrogen-bond acceptors (Lipinski definition) is 4. The number of rotatable bonds is 12. The van der Waals surface area contributed by atoms with E-state index in [0.717, 1.165) is 0 Å². The van der Waals surface area contributed by atoms with Gasteiger partial charge in [0.15, 0.2) is 10.1 Å². The van der Waals surface area contributed by atoms with Crippen LogP contribution in [-0.2, 0) is 18.1 Å². The summed E-state index contributed by atoms with van der Waals surface area (Å²) in [5.74, 6) is -0.0594. The van der Waals surface area contributed by atoms with E-state index in [1.54, 1.807) is 0 Å². The van der Waals surface area contributed by atoms with Crippen molar-refractivity contribution in [3.63, 3.8) is 0 Å². The summed E-state index contributed by atoms with van der Waals surface area (Å²) in [5.41, 5.74) is -0.530. The van der Waals surface area contributed by atoms with Crippen LogP contribution in [0, 0.1) is 5.41 Å². The summed E-state index contributed by atoms with van der Waals surface area (Å²) in [6, 6.07) is 0. The minimum atomic E-state index is -4.16. The van der Waals surface area contributed by atoms with Crippen LogP contribution in [0.1, 0.15) is 13.8 Å². The Hall–Kier alpha value is 2.52. The molecule has 4 nitrogen and oxygen atoms in total. The molecule has 23 heavy (non-hydrogen) atoms. The maximum Gasteiger partial charge on any atom is 0.478 e. The van der Waals surface area contributed by atoms with Crippen molar-refractivity contribution >= 4 is 97.7 Å². The molecule has 0 heterocycles. The average molecular weight is 582 g/mol. The van der Waals surface area contributed by atoms with E-state index < -0.39 is 23.4 Å². The van der Waals surface area contributed by atoms with Gasteiger partial charge in [0.25, 0.3) is 0 Å². The molecular weight excluding hydrogens is 564 g/mol. The molecule has 0 aliphatic rings. The number of phosphoric ester groups is 1. The van der Waals surface area contributed by atoms with E-state index >= 15 is 0 Å². The van der Waals surface area contributed by atoms with Gasteiger partial charge in [0.05, 0.1) is 18.4 Å². The lowest BCUT2D eigenvalue weighted by molar-refractivity contribution is 0.0355. The largest absolute Gasteiger partial charge is 0.478 e. The van der Waals surface area contributed by atoms with Crippen LogP contribution in [0.2, 0.25) is 0 Å². The minimum absolute atomic E-state index is 0.0329. The number of phosphoric acid groups is 1. The van der Waals surface area contributed by atoms with E-state index in [1.165, 1.54) is 13.8 Å². The van der Waals surface area contributed by atoms with Crippen molar-refractivity contribution in [2.45, 2.75) is 24.0 Å². The van der Waals surface area contributed by atoms with Crippen molar-refractivity contribution < 1.29 is 18.1 Å². The molecule has 0 aromatic heterocycles. The Bertz CT molecular complexity index is 380. The highest BCUT2D eigenvalue weighted by molar-refractivity contribution is 9.09. The van der Waals surface area contributed by atoms with Crippen LogP contribution in [0.4, 0.5) is 0 Å². The first kappa shape index (κ1) is 25.5. The summed E-state index contributed by atoms with van der Waals surface area (Å²) < 4.78 is 28.9. The molecule has 0 fully saturated rings. The van der Waals surface area contributed by atoms with Gasteiger partial charge < -0.3 is 0 Å². The van der Waals surface area contributed by atoms with Gasteiger partial charge in [-0.3, -0.25) is 13.6 Å². The maximum absolute atomic E-state index is 12.9. The molecule has 0 bridgehead atoms. The number of hydrogen-bond donors (Lipinski definition) is 0. The molecule has 2 unspecified atom stereocenters. The summed E-state index contributed by atoms with van der Waals surface area (Å²) in [7, 11) is -4.16. The van der Waals surface area contributed by atoms with Crippen LogP contribution in [0.3, 0.4) is 0 Å². The molecule has 0 radical (unpaired) electrons. The van der Waals surface area contributed by atoms with E-state index in [2.05, 4.69) is 31.9 Å². The van der Waals surface area contributed by atoms with Crippen molar-refractivity contribution in [3.05, 3.63) is 0 Å². The Morgan fingerprint density at radius 2 is 1.30 bits per heavy atom.